The Kier molecular flexibility index (Phi) is 4.53. The van der Waals surface area contributed by atoms with Crippen LogP contribution in [0.15, 0.2) is 36.4 Å². The number of carbonyl (C=O) groups is 1. The number of nitrogen functional groups attached to an aromatic ring is 1. The van der Waals surface area contributed by atoms with Crippen LogP contribution in [0.25, 0.3) is 0 Å². The molecule has 2 aromatic carbocycles. The highest BCUT2D eigenvalue weighted by molar-refractivity contribution is 6.35. The molecular weight excluding hydrogens is 340 g/mol. The molecule has 22 heavy (non-hydrogen) atoms. The van der Waals surface area contributed by atoms with Crippen LogP contribution in [0, 0.1) is 0 Å². The zero-order valence-corrected chi connectivity index (χ0v) is 12.4. The molecule has 8 heteroatoms. The lowest BCUT2D eigenvalue weighted by atomic mass is 10.1. The van der Waals surface area contributed by atoms with Gasteiger partial charge < -0.3 is 11.1 Å². The summed E-state index contributed by atoms with van der Waals surface area (Å²) in [4.78, 5) is 12.0. The molecule has 0 saturated heterocycles. The van der Waals surface area contributed by atoms with Crippen molar-refractivity contribution in [2.45, 2.75) is 6.18 Å². The van der Waals surface area contributed by atoms with Crippen LogP contribution in [-0.2, 0) is 6.18 Å². The van der Waals surface area contributed by atoms with Gasteiger partial charge in [0.25, 0.3) is 5.91 Å². The minimum Gasteiger partial charge on any atom is -0.397 e. The second-order valence-corrected chi connectivity index (χ2v) is 5.28. The van der Waals surface area contributed by atoms with E-state index in [1.54, 1.807) is 0 Å². The van der Waals surface area contributed by atoms with E-state index in [-0.39, 0.29) is 27.0 Å². The summed E-state index contributed by atoms with van der Waals surface area (Å²) in [6, 6.07) is 6.87. The van der Waals surface area contributed by atoms with Crippen molar-refractivity contribution in [2.24, 2.45) is 0 Å². The summed E-state index contributed by atoms with van der Waals surface area (Å²) >= 11 is 11.6. The van der Waals surface area contributed by atoms with Crippen molar-refractivity contribution < 1.29 is 18.0 Å². The quantitative estimate of drug-likeness (QED) is 0.762. The number of benzene rings is 2. The molecule has 0 fully saturated rings. The number of nitrogens with two attached hydrogens (primary N) is 1. The molecule has 2 rings (SSSR count). The van der Waals surface area contributed by atoms with Crippen LogP contribution < -0.4 is 11.1 Å². The van der Waals surface area contributed by atoms with Gasteiger partial charge in [-0.1, -0.05) is 23.2 Å². The van der Waals surface area contributed by atoms with Crippen molar-refractivity contribution in [3.63, 3.8) is 0 Å². The Balaban J connectivity index is 2.25. The molecule has 0 unspecified atom stereocenters. The van der Waals surface area contributed by atoms with E-state index in [4.69, 9.17) is 28.9 Å². The number of hydrogen-bond donors (Lipinski definition) is 2. The van der Waals surface area contributed by atoms with E-state index in [1.807, 2.05) is 0 Å². The van der Waals surface area contributed by atoms with Crippen LogP contribution in [0.1, 0.15) is 15.9 Å². The number of nitrogens with one attached hydrogen (secondary N) is 1. The highest BCUT2D eigenvalue weighted by atomic mass is 35.5. The van der Waals surface area contributed by atoms with Gasteiger partial charge in [0.15, 0.2) is 0 Å². The number of halogens is 5. The van der Waals surface area contributed by atoms with Crippen LogP contribution in [0.4, 0.5) is 24.5 Å². The number of rotatable bonds is 2. The Labute approximate surface area is 133 Å². The molecule has 1 amide bonds. The summed E-state index contributed by atoms with van der Waals surface area (Å²) in [5, 5.41) is 2.94. The molecule has 0 radical (unpaired) electrons. The van der Waals surface area contributed by atoms with Gasteiger partial charge in [-0.05, 0) is 36.4 Å². The van der Waals surface area contributed by atoms with Crippen LogP contribution in [-0.4, -0.2) is 5.91 Å². The molecule has 116 valence electrons. The number of hydrogen-bond acceptors (Lipinski definition) is 2. The Bertz CT molecular complexity index is 712. The summed E-state index contributed by atoms with van der Waals surface area (Å²) in [6.45, 7) is 0. The average Bonchev–Trinajstić information content (AvgIpc) is 2.38. The number of carbonyl (C=O) groups excluding carboxylic acids is 1. The standard InChI is InChI=1S/C14H9Cl2F3N2O/c15-9-3-7(4-10(16)6-9)13(22)21-12-2-1-8(5-11(12)20)14(17,18)19/h1-6H,20H2,(H,21,22). The van der Waals surface area contributed by atoms with E-state index in [2.05, 4.69) is 5.32 Å². The van der Waals surface area contributed by atoms with Crippen LogP contribution in [0.3, 0.4) is 0 Å². The molecular formula is C14H9Cl2F3N2O. The third-order valence-corrected chi connectivity index (χ3v) is 3.19. The first-order valence-corrected chi connectivity index (χ1v) is 6.66. The molecule has 0 bridgehead atoms. The number of amides is 1. The lowest BCUT2D eigenvalue weighted by Crippen LogP contribution is -2.14. The molecule has 0 aliphatic rings. The first-order chi connectivity index (χ1) is 10.2. The molecule has 2 aromatic rings. The molecule has 0 heterocycles. The third kappa shape index (κ3) is 3.84. The first-order valence-electron chi connectivity index (χ1n) is 5.91. The van der Waals surface area contributed by atoms with Crippen molar-refractivity contribution in [3.05, 3.63) is 57.6 Å². The fourth-order valence-electron chi connectivity index (χ4n) is 1.73. The highest BCUT2D eigenvalue weighted by Gasteiger charge is 2.30. The van der Waals surface area contributed by atoms with E-state index in [0.29, 0.717) is 0 Å². The van der Waals surface area contributed by atoms with E-state index >= 15 is 0 Å². The second-order valence-electron chi connectivity index (χ2n) is 4.41. The average molecular weight is 349 g/mol. The van der Waals surface area contributed by atoms with E-state index in [1.165, 1.54) is 18.2 Å². The van der Waals surface area contributed by atoms with Gasteiger partial charge in [-0.2, -0.15) is 13.2 Å². The summed E-state index contributed by atoms with van der Waals surface area (Å²) in [7, 11) is 0. The predicted octanol–water partition coefficient (Wildman–Crippen LogP) is 4.85. The molecule has 0 aliphatic heterocycles. The van der Waals surface area contributed by atoms with Crippen molar-refractivity contribution in [1.82, 2.24) is 0 Å². The van der Waals surface area contributed by atoms with Gasteiger partial charge in [-0.15, -0.1) is 0 Å². The fraction of sp³-hybridized carbons (Fsp3) is 0.0714. The summed E-state index contributed by atoms with van der Waals surface area (Å²) < 4.78 is 37.6. The fourth-order valence-corrected chi connectivity index (χ4v) is 2.26. The van der Waals surface area contributed by atoms with Gasteiger partial charge >= 0.3 is 6.18 Å². The van der Waals surface area contributed by atoms with E-state index in [0.717, 1.165) is 18.2 Å². The van der Waals surface area contributed by atoms with Gasteiger partial charge in [-0.3, -0.25) is 4.79 Å². The maximum atomic E-state index is 12.5. The zero-order valence-electron chi connectivity index (χ0n) is 10.8. The summed E-state index contributed by atoms with van der Waals surface area (Å²) in [5.74, 6) is -0.587. The maximum Gasteiger partial charge on any atom is 0.416 e. The molecule has 3 nitrogen and oxygen atoms in total. The van der Waals surface area contributed by atoms with Gasteiger partial charge in [0.05, 0.1) is 16.9 Å². The van der Waals surface area contributed by atoms with Crippen molar-refractivity contribution in [3.8, 4) is 0 Å². The van der Waals surface area contributed by atoms with Gasteiger partial charge in [0.1, 0.15) is 0 Å². The topological polar surface area (TPSA) is 55.1 Å². The van der Waals surface area contributed by atoms with Crippen molar-refractivity contribution in [2.75, 3.05) is 11.1 Å². The first kappa shape index (κ1) is 16.5. The third-order valence-electron chi connectivity index (χ3n) is 2.75. The van der Waals surface area contributed by atoms with Crippen LogP contribution in [0.5, 0.6) is 0 Å². The Hall–Kier alpha value is -1.92. The lowest BCUT2D eigenvalue weighted by Gasteiger charge is -2.12. The highest BCUT2D eigenvalue weighted by Crippen LogP contribution is 2.33. The van der Waals surface area contributed by atoms with Crippen LogP contribution >= 0.6 is 23.2 Å². The predicted molar refractivity (Wildman–Crippen MR) is 80.3 cm³/mol. The van der Waals surface area contributed by atoms with Crippen molar-refractivity contribution in [1.29, 1.82) is 0 Å². The monoisotopic (exact) mass is 348 g/mol. The van der Waals surface area contributed by atoms with Gasteiger partial charge in [-0.25, -0.2) is 0 Å². The smallest absolute Gasteiger partial charge is 0.397 e. The number of alkyl halides is 3. The zero-order chi connectivity index (χ0) is 16.5. The molecule has 3 N–H and O–H groups in total. The molecule has 0 atom stereocenters. The Morgan fingerprint density at radius 2 is 1.64 bits per heavy atom. The Morgan fingerprint density at radius 1 is 1.05 bits per heavy atom. The molecule has 0 saturated carbocycles. The van der Waals surface area contributed by atoms with Crippen LogP contribution in [0.2, 0.25) is 10.0 Å². The SMILES string of the molecule is Nc1cc(C(F)(F)F)ccc1NC(=O)c1cc(Cl)cc(Cl)c1. The number of anilines is 2. The summed E-state index contributed by atoms with van der Waals surface area (Å²) in [6.07, 6.45) is -4.50. The van der Waals surface area contributed by atoms with Crippen molar-refractivity contribution >= 4 is 40.5 Å². The van der Waals surface area contributed by atoms with Gasteiger partial charge in [0, 0.05) is 15.6 Å². The van der Waals surface area contributed by atoms with E-state index < -0.39 is 17.6 Å². The molecule has 0 aromatic heterocycles. The minimum atomic E-state index is -4.50. The summed E-state index contributed by atoms with van der Waals surface area (Å²) in [5.41, 5.74) is 4.67. The second kappa shape index (κ2) is 6.06. The van der Waals surface area contributed by atoms with E-state index in [9.17, 15) is 18.0 Å². The largest absolute Gasteiger partial charge is 0.416 e. The minimum absolute atomic E-state index is 0.0640. The Morgan fingerprint density at radius 3 is 2.14 bits per heavy atom. The molecule has 0 spiro atoms. The lowest BCUT2D eigenvalue weighted by molar-refractivity contribution is -0.137. The normalized spacial score (nSPS) is 11.3. The van der Waals surface area contributed by atoms with Gasteiger partial charge in [0.2, 0.25) is 0 Å². The molecule has 0 aliphatic carbocycles. The maximum absolute atomic E-state index is 12.5.